The second-order valence-corrected chi connectivity index (χ2v) is 7.86. The molecule has 1 aliphatic carbocycles. The number of hydrogen-bond acceptors (Lipinski definition) is 4. The number of nitrogens with one attached hydrogen (secondary N) is 1. The molecule has 164 valence electrons. The van der Waals surface area contributed by atoms with Crippen LogP contribution >= 0.6 is 0 Å². The highest BCUT2D eigenvalue weighted by atomic mass is 16.5. The predicted octanol–water partition coefficient (Wildman–Crippen LogP) is 5.24. The lowest BCUT2D eigenvalue weighted by Crippen LogP contribution is -2.18. The first kappa shape index (κ1) is 20.5. The third-order valence-corrected chi connectivity index (χ3v) is 5.92. The quantitative estimate of drug-likeness (QED) is 0.444. The molecule has 4 aromatic rings. The fourth-order valence-electron chi connectivity index (χ4n) is 4.35. The van der Waals surface area contributed by atoms with Crippen LogP contribution in [0.2, 0.25) is 0 Å². The second kappa shape index (κ2) is 8.27. The lowest BCUT2D eigenvalue weighted by molar-refractivity contribution is 0.0696. The first-order chi connectivity index (χ1) is 16.0. The van der Waals surface area contributed by atoms with Crippen molar-refractivity contribution in [3.8, 4) is 16.8 Å². The van der Waals surface area contributed by atoms with Gasteiger partial charge in [0.25, 0.3) is 0 Å². The van der Waals surface area contributed by atoms with Crippen LogP contribution in [0.15, 0.2) is 79.0 Å². The third kappa shape index (κ3) is 3.74. The van der Waals surface area contributed by atoms with Gasteiger partial charge in [-0.25, -0.2) is 14.3 Å². The van der Waals surface area contributed by atoms with Gasteiger partial charge >= 0.3 is 12.1 Å². The van der Waals surface area contributed by atoms with Gasteiger partial charge in [0.05, 0.1) is 17.6 Å². The van der Waals surface area contributed by atoms with Crippen molar-refractivity contribution in [1.29, 1.82) is 0 Å². The topological polar surface area (TPSA) is 93.5 Å². The summed E-state index contributed by atoms with van der Waals surface area (Å²) in [6.45, 7) is 1.90. The number of rotatable bonds is 5. The molecule has 1 aromatic heterocycles. The summed E-state index contributed by atoms with van der Waals surface area (Å²) in [5, 5.41) is 16.1. The number of benzene rings is 3. The number of hydrogen-bond donors (Lipinski definition) is 2. The molecular weight excluding hydrogens is 418 g/mol. The summed E-state index contributed by atoms with van der Waals surface area (Å²) in [7, 11) is 0. The average Bonchev–Trinajstić information content (AvgIpc) is 3.36. The van der Waals surface area contributed by atoms with Crippen LogP contribution < -0.4 is 5.32 Å². The highest BCUT2D eigenvalue weighted by Gasteiger charge is 2.29. The Kier molecular flexibility index (Phi) is 5.14. The number of carboxylic acid groups (broad SMARTS) is 1. The molecule has 0 saturated carbocycles. The molecular formula is C26H21N3O4. The molecule has 1 heterocycles. The Morgan fingerprint density at radius 2 is 1.67 bits per heavy atom. The molecule has 1 aliphatic rings. The van der Waals surface area contributed by atoms with Gasteiger partial charge in [0.15, 0.2) is 0 Å². The minimum Gasteiger partial charge on any atom is -0.478 e. The summed E-state index contributed by atoms with van der Waals surface area (Å²) in [6.07, 6.45) is 0.751. The van der Waals surface area contributed by atoms with E-state index in [1.165, 1.54) is 22.0 Å². The van der Waals surface area contributed by atoms with E-state index in [-0.39, 0.29) is 18.1 Å². The minimum atomic E-state index is -1.04. The van der Waals surface area contributed by atoms with Crippen molar-refractivity contribution < 1.29 is 19.4 Å². The van der Waals surface area contributed by atoms with Crippen LogP contribution in [0, 0.1) is 6.92 Å². The molecule has 0 aliphatic heterocycles. The smallest absolute Gasteiger partial charge is 0.411 e. The van der Waals surface area contributed by atoms with Gasteiger partial charge in [-0.1, -0.05) is 54.6 Å². The summed E-state index contributed by atoms with van der Waals surface area (Å²) in [6, 6.07) is 23.3. The van der Waals surface area contributed by atoms with Gasteiger partial charge in [0, 0.05) is 11.6 Å². The Labute approximate surface area is 190 Å². The predicted molar refractivity (Wildman–Crippen MR) is 124 cm³/mol. The Balaban J connectivity index is 1.30. The molecule has 0 bridgehead atoms. The summed E-state index contributed by atoms with van der Waals surface area (Å²) in [5.74, 6) is -1.05. The number of nitrogens with zero attached hydrogens (tertiary/aromatic N) is 2. The van der Waals surface area contributed by atoms with E-state index in [1.54, 1.807) is 31.2 Å². The molecule has 3 aromatic carbocycles. The van der Waals surface area contributed by atoms with Crippen molar-refractivity contribution in [2.45, 2.75) is 12.8 Å². The first-order valence-electron chi connectivity index (χ1n) is 10.5. The SMILES string of the molecule is Cc1c(C(=O)O)cnn1-c1cccc(NC(=O)OCC2c3ccccc3-c3ccccc32)c1. The molecule has 0 radical (unpaired) electrons. The maximum atomic E-state index is 12.6. The standard InChI is InChI=1S/C26H21N3O4/c1-16-23(25(30)31)14-27-29(16)18-8-6-7-17(13-18)28-26(32)33-15-24-21-11-4-2-9-19(21)20-10-3-5-12-22(20)24/h2-14,24H,15H2,1H3,(H,28,32)(H,30,31). The molecule has 0 spiro atoms. The number of anilines is 1. The zero-order valence-corrected chi connectivity index (χ0v) is 17.9. The van der Waals surface area contributed by atoms with Crippen LogP contribution in [0.1, 0.15) is 33.1 Å². The zero-order chi connectivity index (χ0) is 22.9. The van der Waals surface area contributed by atoms with Gasteiger partial charge < -0.3 is 9.84 Å². The van der Waals surface area contributed by atoms with Crippen LogP contribution in [0.4, 0.5) is 10.5 Å². The molecule has 0 saturated heterocycles. The number of carboxylic acids is 1. The fraction of sp³-hybridized carbons (Fsp3) is 0.115. The number of carbonyl (C=O) groups excluding carboxylic acids is 1. The molecule has 0 unspecified atom stereocenters. The summed E-state index contributed by atoms with van der Waals surface area (Å²) in [4.78, 5) is 23.9. The largest absolute Gasteiger partial charge is 0.478 e. The van der Waals surface area contributed by atoms with Gasteiger partial charge in [-0.3, -0.25) is 5.32 Å². The van der Waals surface area contributed by atoms with E-state index in [0.717, 1.165) is 11.1 Å². The highest BCUT2D eigenvalue weighted by molar-refractivity contribution is 5.89. The number of carbonyl (C=O) groups is 2. The zero-order valence-electron chi connectivity index (χ0n) is 17.9. The van der Waals surface area contributed by atoms with Gasteiger partial charge in [0.1, 0.15) is 12.2 Å². The Morgan fingerprint density at radius 3 is 2.30 bits per heavy atom. The summed E-state index contributed by atoms with van der Waals surface area (Å²) < 4.78 is 7.12. The number of aromatic nitrogens is 2. The van der Waals surface area contributed by atoms with Crippen LogP contribution in [-0.4, -0.2) is 33.6 Å². The lowest BCUT2D eigenvalue weighted by Gasteiger charge is -2.15. The van der Waals surface area contributed by atoms with E-state index in [0.29, 0.717) is 17.1 Å². The maximum Gasteiger partial charge on any atom is 0.411 e. The Morgan fingerprint density at radius 1 is 1.00 bits per heavy atom. The van der Waals surface area contributed by atoms with Gasteiger partial charge in [-0.05, 0) is 47.4 Å². The van der Waals surface area contributed by atoms with Crippen LogP contribution in [0.3, 0.4) is 0 Å². The summed E-state index contributed by atoms with van der Waals surface area (Å²) >= 11 is 0. The van der Waals surface area contributed by atoms with Gasteiger partial charge in [-0.15, -0.1) is 0 Å². The maximum absolute atomic E-state index is 12.6. The lowest BCUT2D eigenvalue weighted by atomic mass is 9.98. The fourth-order valence-corrected chi connectivity index (χ4v) is 4.35. The minimum absolute atomic E-state index is 0.0179. The average molecular weight is 439 g/mol. The molecule has 7 nitrogen and oxygen atoms in total. The number of aromatic carboxylic acids is 1. The van der Waals surface area contributed by atoms with Crippen molar-refractivity contribution in [2.75, 3.05) is 11.9 Å². The first-order valence-corrected chi connectivity index (χ1v) is 10.5. The highest BCUT2D eigenvalue weighted by Crippen LogP contribution is 2.44. The van der Waals surface area contributed by atoms with Crippen LogP contribution in [-0.2, 0) is 4.74 Å². The van der Waals surface area contributed by atoms with E-state index >= 15 is 0 Å². The van der Waals surface area contributed by atoms with E-state index in [9.17, 15) is 14.7 Å². The molecule has 33 heavy (non-hydrogen) atoms. The summed E-state index contributed by atoms with van der Waals surface area (Å²) in [5.41, 5.74) is 6.43. The molecule has 2 N–H and O–H groups in total. The van der Waals surface area contributed by atoms with E-state index in [4.69, 9.17) is 4.74 Å². The molecule has 1 amide bonds. The van der Waals surface area contributed by atoms with Crippen LogP contribution in [0.5, 0.6) is 0 Å². The van der Waals surface area contributed by atoms with Gasteiger partial charge in [-0.2, -0.15) is 5.10 Å². The van der Waals surface area contributed by atoms with Crippen molar-refractivity contribution in [1.82, 2.24) is 9.78 Å². The van der Waals surface area contributed by atoms with Crippen LogP contribution in [0.25, 0.3) is 16.8 Å². The monoisotopic (exact) mass is 439 g/mol. The normalized spacial score (nSPS) is 12.2. The van der Waals surface area contributed by atoms with E-state index in [1.807, 2.05) is 24.3 Å². The van der Waals surface area contributed by atoms with E-state index < -0.39 is 12.1 Å². The third-order valence-electron chi connectivity index (χ3n) is 5.92. The van der Waals surface area contributed by atoms with Crippen molar-refractivity contribution in [3.63, 3.8) is 0 Å². The second-order valence-electron chi connectivity index (χ2n) is 7.86. The van der Waals surface area contributed by atoms with Crippen molar-refractivity contribution in [2.24, 2.45) is 0 Å². The molecule has 0 atom stereocenters. The van der Waals surface area contributed by atoms with Crippen molar-refractivity contribution >= 4 is 17.7 Å². The van der Waals surface area contributed by atoms with Gasteiger partial charge in [0.2, 0.25) is 0 Å². The number of ether oxygens (including phenoxy) is 1. The van der Waals surface area contributed by atoms with Crippen molar-refractivity contribution in [3.05, 3.63) is 101 Å². The van der Waals surface area contributed by atoms with E-state index in [2.05, 4.69) is 34.7 Å². The Bertz CT molecular complexity index is 1330. The molecule has 0 fully saturated rings. The number of fused-ring (bicyclic) bond motifs is 3. The molecule has 5 rings (SSSR count). The molecule has 7 heteroatoms. The number of amides is 1. The Hall–Kier alpha value is -4.39.